The van der Waals surface area contributed by atoms with Gasteiger partial charge in [-0.15, -0.1) is 0 Å². The second-order valence-electron chi connectivity index (χ2n) is 15.1. The maximum absolute atomic E-state index is 12.7. The quantitative estimate of drug-likeness (QED) is 0.177. The Bertz CT molecular complexity index is 1240. The van der Waals surface area contributed by atoms with Crippen LogP contribution >= 0.6 is 0 Å². The minimum Gasteiger partial charge on any atom is -0.504 e. The summed E-state index contributed by atoms with van der Waals surface area (Å²) in [4.78, 5) is 12.7. The molecule has 4 nitrogen and oxygen atoms in total. The number of hydrogen-bond acceptors (Lipinski definition) is 4. The lowest BCUT2D eigenvalue weighted by Gasteiger charge is -2.58. The Morgan fingerprint density at radius 2 is 1.86 bits per heavy atom. The largest absolute Gasteiger partial charge is 0.504 e. The zero-order chi connectivity index (χ0) is 30.9. The molecule has 4 aliphatic carbocycles. The molecular weight excluding hydrogens is 532 g/mol. The van der Waals surface area contributed by atoms with Gasteiger partial charge < -0.3 is 14.6 Å². The highest BCUT2D eigenvalue weighted by Crippen LogP contribution is 2.67. The van der Waals surface area contributed by atoms with E-state index < -0.39 is 0 Å². The standard InChI is InChI=1S/C39H56O4/c1-8-28(25(2)3)12-9-26(4)32-15-16-33-31-14-13-29-24-30(19-21-38(29,5)34(31)20-22-39(32,33)6)43-37(41)18-11-27-10-17-35(40)36(23-27)42-7/h9-13,17-18,23,25-26,28,30-34,40H,8,14-16,19-22,24H2,1-7H3/b12-9-,18-11+/t26-,28-,30-,31-,32+,33+,34-,38-,39+/m0/s1. The van der Waals surface area contributed by atoms with E-state index in [1.807, 2.05) is 0 Å². The highest BCUT2D eigenvalue weighted by atomic mass is 16.5. The Morgan fingerprint density at radius 3 is 2.58 bits per heavy atom. The number of esters is 1. The highest BCUT2D eigenvalue weighted by molar-refractivity contribution is 5.87. The molecule has 0 saturated heterocycles. The lowest BCUT2D eigenvalue weighted by molar-refractivity contribution is -0.145. The smallest absolute Gasteiger partial charge is 0.331 e. The zero-order valence-corrected chi connectivity index (χ0v) is 27.8. The summed E-state index contributed by atoms with van der Waals surface area (Å²) >= 11 is 0. The van der Waals surface area contributed by atoms with E-state index in [-0.39, 0.29) is 23.2 Å². The number of allylic oxidation sites excluding steroid dienone is 3. The molecule has 5 rings (SSSR count). The summed E-state index contributed by atoms with van der Waals surface area (Å²) < 4.78 is 11.1. The summed E-state index contributed by atoms with van der Waals surface area (Å²) in [5, 5.41) is 9.82. The fraction of sp³-hybridized carbons (Fsp3) is 0.667. The van der Waals surface area contributed by atoms with Crippen LogP contribution in [0.3, 0.4) is 0 Å². The van der Waals surface area contributed by atoms with Crippen LogP contribution in [-0.2, 0) is 9.53 Å². The number of carbonyl (C=O) groups is 1. The minimum atomic E-state index is -0.304. The van der Waals surface area contributed by atoms with Crippen LogP contribution in [0.25, 0.3) is 6.08 Å². The molecule has 9 atom stereocenters. The molecule has 1 N–H and O–H groups in total. The number of rotatable bonds is 9. The third kappa shape index (κ3) is 6.22. The van der Waals surface area contributed by atoms with Crippen molar-refractivity contribution in [3.63, 3.8) is 0 Å². The lowest BCUT2D eigenvalue weighted by Crippen LogP contribution is -2.51. The number of hydrogen-bond donors (Lipinski definition) is 1. The summed E-state index contributed by atoms with van der Waals surface area (Å²) in [7, 11) is 1.52. The summed E-state index contributed by atoms with van der Waals surface area (Å²) in [6.45, 7) is 14.7. The maximum Gasteiger partial charge on any atom is 0.331 e. The van der Waals surface area contributed by atoms with E-state index >= 15 is 0 Å². The Morgan fingerprint density at radius 1 is 1.07 bits per heavy atom. The van der Waals surface area contributed by atoms with Gasteiger partial charge in [-0.3, -0.25) is 0 Å². The van der Waals surface area contributed by atoms with Gasteiger partial charge in [0.15, 0.2) is 11.5 Å². The first-order valence-corrected chi connectivity index (χ1v) is 17.1. The minimum absolute atomic E-state index is 0.0579. The van der Waals surface area contributed by atoms with Crippen molar-refractivity contribution >= 4 is 12.0 Å². The Hall–Kier alpha value is -2.49. The van der Waals surface area contributed by atoms with Gasteiger partial charge in [-0.05, 0) is 127 Å². The van der Waals surface area contributed by atoms with Crippen molar-refractivity contribution in [3.05, 3.63) is 53.6 Å². The van der Waals surface area contributed by atoms with Crippen molar-refractivity contribution in [2.24, 2.45) is 52.3 Å². The molecule has 236 valence electrons. The van der Waals surface area contributed by atoms with E-state index in [9.17, 15) is 9.90 Å². The van der Waals surface area contributed by atoms with E-state index in [0.29, 0.717) is 28.9 Å². The first-order chi connectivity index (χ1) is 20.5. The monoisotopic (exact) mass is 588 g/mol. The lowest BCUT2D eigenvalue weighted by atomic mass is 9.47. The highest BCUT2D eigenvalue weighted by Gasteiger charge is 2.59. The van der Waals surface area contributed by atoms with Crippen molar-refractivity contribution in [2.45, 2.75) is 105 Å². The third-order valence-electron chi connectivity index (χ3n) is 12.7. The molecule has 4 heteroatoms. The molecule has 0 aromatic heterocycles. The number of methoxy groups -OCH3 is 1. The number of ether oxygens (including phenoxy) is 2. The molecule has 1 aromatic rings. The molecule has 4 aliphatic rings. The van der Waals surface area contributed by atoms with Crippen LogP contribution in [0.5, 0.6) is 11.5 Å². The van der Waals surface area contributed by atoms with E-state index in [1.54, 1.807) is 29.8 Å². The van der Waals surface area contributed by atoms with Gasteiger partial charge in [0.2, 0.25) is 0 Å². The Balaban J connectivity index is 1.22. The van der Waals surface area contributed by atoms with Gasteiger partial charge in [-0.2, -0.15) is 0 Å². The first-order valence-electron chi connectivity index (χ1n) is 17.1. The topological polar surface area (TPSA) is 55.8 Å². The Labute approximate surface area is 261 Å². The van der Waals surface area contributed by atoms with Crippen LogP contribution in [0.4, 0.5) is 0 Å². The molecular formula is C39H56O4. The summed E-state index contributed by atoms with van der Waals surface area (Å²) in [6, 6.07) is 5.04. The van der Waals surface area contributed by atoms with E-state index in [4.69, 9.17) is 9.47 Å². The van der Waals surface area contributed by atoms with Gasteiger partial charge in [0.05, 0.1) is 7.11 Å². The van der Waals surface area contributed by atoms with Crippen LogP contribution in [0.2, 0.25) is 0 Å². The molecule has 1 aromatic carbocycles. The number of carbonyl (C=O) groups excluding carboxylic acids is 1. The predicted molar refractivity (Wildman–Crippen MR) is 176 cm³/mol. The van der Waals surface area contributed by atoms with Gasteiger partial charge in [0.25, 0.3) is 0 Å². The van der Waals surface area contributed by atoms with Crippen LogP contribution in [0, 0.1) is 52.3 Å². The van der Waals surface area contributed by atoms with Gasteiger partial charge >= 0.3 is 5.97 Å². The molecule has 0 spiro atoms. The second kappa shape index (κ2) is 12.9. The van der Waals surface area contributed by atoms with E-state index in [0.717, 1.165) is 48.5 Å². The summed E-state index contributed by atoms with van der Waals surface area (Å²) in [6.07, 6.45) is 21.6. The zero-order valence-electron chi connectivity index (χ0n) is 27.8. The average molecular weight is 589 g/mol. The molecule has 0 radical (unpaired) electrons. The van der Waals surface area contributed by atoms with Gasteiger partial charge in [0.1, 0.15) is 6.10 Å². The Kier molecular flexibility index (Phi) is 9.54. The first kappa shape index (κ1) is 31.9. The molecule has 3 fully saturated rings. The number of phenols is 1. The molecule has 0 heterocycles. The second-order valence-corrected chi connectivity index (χ2v) is 15.1. The fourth-order valence-electron chi connectivity index (χ4n) is 10.1. The van der Waals surface area contributed by atoms with Crippen LogP contribution in [0.15, 0.2) is 48.1 Å². The SMILES string of the molecule is CC[C@@H](/C=C\[C@H](C)[C@H]1CC[C@@H]2[C@@H]3CC=C4C[C@@H](OC(=O)/C=C/c5ccc(O)c(OC)c5)CC[C@]4(C)[C@H]3CC[C@@]21C)C(C)C. The number of benzene rings is 1. The molecule has 43 heavy (non-hydrogen) atoms. The van der Waals surface area contributed by atoms with Crippen LogP contribution in [-0.4, -0.2) is 24.3 Å². The van der Waals surface area contributed by atoms with E-state index in [1.165, 1.54) is 51.7 Å². The van der Waals surface area contributed by atoms with Crippen molar-refractivity contribution in [1.29, 1.82) is 0 Å². The van der Waals surface area contributed by atoms with Crippen LogP contribution in [0.1, 0.15) is 105 Å². The molecule has 0 amide bonds. The number of aromatic hydroxyl groups is 1. The van der Waals surface area contributed by atoms with Crippen LogP contribution < -0.4 is 4.74 Å². The van der Waals surface area contributed by atoms with Crippen molar-refractivity contribution in [2.75, 3.05) is 7.11 Å². The molecule has 0 aliphatic heterocycles. The average Bonchev–Trinajstić information content (AvgIpc) is 3.34. The van der Waals surface area contributed by atoms with Gasteiger partial charge in [0, 0.05) is 12.5 Å². The van der Waals surface area contributed by atoms with Gasteiger partial charge in [-0.1, -0.05) is 71.4 Å². The normalized spacial score (nSPS) is 35.3. The third-order valence-corrected chi connectivity index (χ3v) is 12.7. The molecule has 0 unspecified atom stereocenters. The fourth-order valence-corrected chi connectivity index (χ4v) is 10.1. The van der Waals surface area contributed by atoms with Gasteiger partial charge in [-0.25, -0.2) is 4.79 Å². The summed E-state index contributed by atoms with van der Waals surface area (Å²) in [5.74, 6) is 5.39. The number of fused-ring (bicyclic) bond motifs is 5. The van der Waals surface area contributed by atoms with Crippen molar-refractivity contribution in [1.82, 2.24) is 0 Å². The molecule has 3 saturated carbocycles. The maximum atomic E-state index is 12.7. The molecule has 0 bridgehead atoms. The number of phenolic OH excluding ortho intramolecular Hbond substituents is 1. The van der Waals surface area contributed by atoms with Crippen molar-refractivity contribution < 1.29 is 19.4 Å². The predicted octanol–water partition coefficient (Wildman–Crippen LogP) is 9.78. The summed E-state index contributed by atoms with van der Waals surface area (Å²) in [5.41, 5.74) is 3.01. The van der Waals surface area contributed by atoms with Crippen molar-refractivity contribution in [3.8, 4) is 11.5 Å². The van der Waals surface area contributed by atoms with E-state index in [2.05, 4.69) is 59.8 Å².